The van der Waals surface area contributed by atoms with E-state index in [2.05, 4.69) is 35.9 Å². The molecule has 0 aliphatic carbocycles. The second kappa shape index (κ2) is 5.47. The molecule has 0 spiro atoms. The molecule has 0 aromatic carbocycles. The molecule has 3 rings (SSSR count). The summed E-state index contributed by atoms with van der Waals surface area (Å²) in [5, 5.41) is 0. The van der Waals surface area contributed by atoms with Crippen LogP contribution in [0.15, 0.2) is 12.1 Å². The van der Waals surface area contributed by atoms with Gasteiger partial charge >= 0.3 is 0 Å². The fourth-order valence-corrected chi connectivity index (χ4v) is 2.92. The smallest absolute Gasteiger partial charge is 0.132 e. The first-order valence-corrected chi connectivity index (χ1v) is 7.23. The molecule has 19 heavy (non-hydrogen) atoms. The molecule has 4 nitrogen and oxygen atoms in total. The van der Waals surface area contributed by atoms with Crippen LogP contribution in [0, 0.1) is 6.92 Å². The van der Waals surface area contributed by atoms with Crippen LogP contribution in [-0.2, 0) is 4.74 Å². The fraction of sp³-hybridized carbons (Fsp3) is 0.667. The third-order valence-electron chi connectivity index (χ3n) is 4.22. The number of ether oxygens (including phenoxy) is 1. The van der Waals surface area contributed by atoms with Crippen LogP contribution < -0.4 is 4.90 Å². The van der Waals surface area contributed by atoms with Crippen molar-refractivity contribution >= 4 is 5.82 Å². The van der Waals surface area contributed by atoms with E-state index in [-0.39, 0.29) is 0 Å². The van der Waals surface area contributed by atoms with E-state index in [1.165, 1.54) is 11.4 Å². The van der Waals surface area contributed by atoms with Crippen molar-refractivity contribution in [2.45, 2.75) is 19.3 Å². The first kappa shape index (κ1) is 12.9. The summed E-state index contributed by atoms with van der Waals surface area (Å²) in [6.45, 7) is 8.22. The molecule has 0 saturated carbocycles. The van der Waals surface area contributed by atoms with Gasteiger partial charge in [0.15, 0.2) is 0 Å². The lowest BCUT2D eigenvalue weighted by Crippen LogP contribution is -2.45. The summed E-state index contributed by atoms with van der Waals surface area (Å²) >= 11 is 0. The van der Waals surface area contributed by atoms with Crippen LogP contribution in [0.4, 0.5) is 5.82 Å². The summed E-state index contributed by atoms with van der Waals surface area (Å²) in [5.41, 5.74) is 2.49. The Morgan fingerprint density at radius 2 is 2.00 bits per heavy atom. The summed E-state index contributed by atoms with van der Waals surface area (Å²) in [4.78, 5) is 9.64. The molecule has 1 aromatic rings. The van der Waals surface area contributed by atoms with Gasteiger partial charge in [0.1, 0.15) is 5.82 Å². The average Bonchev–Trinajstić information content (AvgIpc) is 2.93. The second-order valence-corrected chi connectivity index (χ2v) is 5.72. The van der Waals surface area contributed by atoms with Gasteiger partial charge in [0.2, 0.25) is 0 Å². The molecular weight excluding hydrogens is 238 g/mol. The summed E-state index contributed by atoms with van der Waals surface area (Å²) in [5.74, 6) is 1.73. The SMILES string of the molecule is Cc1ccc([C@@H]2CCOC2)c(N2CCN(C)CC2)n1. The number of hydrogen-bond acceptors (Lipinski definition) is 4. The van der Waals surface area contributed by atoms with Gasteiger partial charge in [0, 0.05) is 50.0 Å². The Kier molecular flexibility index (Phi) is 3.71. The van der Waals surface area contributed by atoms with Gasteiger partial charge in [-0.05, 0) is 26.5 Å². The Balaban J connectivity index is 1.87. The number of aryl methyl sites for hydroxylation is 1. The number of anilines is 1. The molecule has 1 atom stereocenters. The second-order valence-electron chi connectivity index (χ2n) is 5.72. The Morgan fingerprint density at radius 3 is 2.68 bits per heavy atom. The molecule has 3 heterocycles. The number of hydrogen-bond donors (Lipinski definition) is 0. The van der Waals surface area contributed by atoms with Crippen LogP contribution in [0.1, 0.15) is 23.6 Å². The lowest BCUT2D eigenvalue weighted by Gasteiger charge is -2.35. The fourth-order valence-electron chi connectivity index (χ4n) is 2.92. The van der Waals surface area contributed by atoms with Crippen molar-refractivity contribution in [1.82, 2.24) is 9.88 Å². The Bertz CT molecular complexity index is 435. The zero-order valence-electron chi connectivity index (χ0n) is 11.9. The van der Waals surface area contributed by atoms with Crippen molar-refractivity contribution in [3.63, 3.8) is 0 Å². The molecular formula is C15H23N3O. The molecule has 2 aliphatic rings. The maximum atomic E-state index is 5.55. The molecule has 0 radical (unpaired) electrons. The molecule has 0 amide bonds. The maximum Gasteiger partial charge on any atom is 0.132 e. The topological polar surface area (TPSA) is 28.6 Å². The summed E-state index contributed by atoms with van der Waals surface area (Å²) < 4.78 is 5.55. The van der Waals surface area contributed by atoms with Gasteiger partial charge in [0.25, 0.3) is 0 Å². The lowest BCUT2D eigenvalue weighted by molar-refractivity contribution is 0.194. The minimum atomic E-state index is 0.530. The molecule has 1 aromatic heterocycles. The highest BCUT2D eigenvalue weighted by molar-refractivity contribution is 5.50. The van der Waals surface area contributed by atoms with Gasteiger partial charge in [-0.1, -0.05) is 6.07 Å². The van der Waals surface area contributed by atoms with Crippen LogP contribution in [0.3, 0.4) is 0 Å². The van der Waals surface area contributed by atoms with Gasteiger partial charge in [0.05, 0.1) is 6.61 Å². The van der Waals surface area contributed by atoms with Crippen LogP contribution in [-0.4, -0.2) is 56.3 Å². The molecule has 4 heteroatoms. The first-order chi connectivity index (χ1) is 9.24. The molecule has 0 bridgehead atoms. The zero-order chi connectivity index (χ0) is 13.2. The molecule has 2 saturated heterocycles. The highest BCUT2D eigenvalue weighted by Gasteiger charge is 2.25. The van der Waals surface area contributed by atoms with E-state index in [0.29, 0.717) is 5.92 Å². The molecule has 2 aliphatic heterocycles. The van der Waals surface area contributed by atoms with Gasteiger partial charge in [-0.15, -0.1) is 0 Å². The van der Waals surface area contributed by atoms with Crippen LogP contribution >= 0.6 is 0 Å². The predicted octanol–water partition coefficient (Wildman–Crippen LogP) is 1.65. The number of piperazine rings is 1. The van der Waals surface area contributed by atoms with Crippen molar-refractivity contribution < 1.29 is 4.74 Å². The Hall–Kier alpha value is -1.13. The molecule has 0 N–H and O–H groups in total. The third kappa shape index (κ3) is 2.74. The van der Waals surface area contributed by atoms with E-state index in [1.54, 1.807) is 0 Å². The highest BCUT2D eigenvalue weighted by atomic mass is 16.5. The van der Waals surface area contributed by atoms with Gasteiger partial charge in [-0.25, -0.2) is 4.98 Å². The van der Waals surface area contributed by atoms with E-state index < -0.39 is 0 Å². The predicted molar refractivity (Wildman–Crippen MR) is 76.9 cm³/mol. The number of aromatic nitrogens is 1. The first-order valence-electron chi connectivity index (χ1n) is 7.23. The van der Waals surface area contributed by atoms with Crippen molar-refractivity contribution in [1.29, 1.82) is 0 Å². The largest absolute Gasteiger partial charge is 0.381 e. The average molecular weight is 261 g/mol. The number of pyridine rings is 1. The van der Waals surface area contributed by atoms with E-state index >= 15 is 0 Å². The van der Waals surface area contributed by atoms with E-state index in [1.807, 2.05) is 0 Å². The van der Waals surface area contributed by atoms with E-state index in [9.17, 15) is 0 Å². The summed E-state index contributed by atoms with van der Waals surface area (Å²) in [7, 11) is 2.19. The van der Waals surface area contributed by atoms with Crippen LogP contribution in [0.25, 0.3) is 0 Å². The van der Waals surface area contributed by atoms with Crippen molar-refractivity contribution in [2.75, 3.05) is 51.3 Å². The maximum absolute atomic E-state index is 5.55. The summed E-state index contributed by atoms with van der Waals surface area (Å²) in [6, 6.07) is 4.39. The number of nitrogens with zero attached hydrogens (tertiary/aromatic N) is 3. The molecule has 0 unspecified atom stereocenters. The minimum absolute atomic E-state index is 0.530. The number of likely N-dealkylation sites (N-methyl/N-ethyl adjacent to an activating group) is 1. The van der Waals surface area contributed by atoms with Gasteiger partial charge in [-0.3, -0.25) is 0 Å². The van der Waals surface area contributed by atoms with Crippen molar-refractivity contribution in [3.05, 3.63) is 23.4 Å². The quantitative estimate of drug-likeness (QED) is 0.809. The molecule has 2 fully saturated rings. The Morgan fingerprint density at radius 1 is 1.21 bits per heavy atom. The lowest BCUT2D eigenvalue weighted by atomic mass is 9.98. The van der Waals surface area contributed by atoms with Gasteiger partial charge < -0.3 is 14.5 Å². The Labute approximate surface area is 115 Å². The van der Waals surface area contributed by atoms with Crippen molar-refractivity contribution in [3.8, 4) is 0 Å². The highest BCUT2D eigenvalue weighted by Crippen LogP contribution is 2.32. The molecule has 104 valence electrons. The van der Waals surface area contributed by atoms with Crippen molar-refractivity contribution in [2.24, 2.45) is 0 Å². The monoisotopic (exact) mass is 261 g/mol. The minimum Gasteiger partial charge on any atom is -0.381 e. The number of rotatable bonds is 2. The standard InChI is InChI=1S/C15H23N3O/c1-12-3-4-14(13-5-10-19-11-13)15(16-12)18-8-6-17(2)7-9-18/h3-4,13H,5-11H2,1-2H3/t13-/m1/s1. The van der Waals surface area contributed by atoms with E-state index in [4.69, 9.17) is 9.72 Å². The normalized spacial score (nSPS) is 24.9. The van der Waals surface area contributed by atoms with E-state index in [0.717, 1.165) is 51.5 Å². The summed E-state index contributed by atoms with van der Waals surface area (Å²) in [6.07, 6.45) is 1.13. The van der Waals surface area contributed by atoms with Crippen LogP contribution in [0.5, 0.6) is 0 Å². The van der Waals surface area contributed by atoms with Crippen LogP contribution in [0.2, 0.25) is 0 Å². The third-order valence-corrected chi connectivity index (χ3v) is 4.22. The van der Waals surface area contributed by atoms with Gasteiger partial charge in [-0.2, -0.15) is 0 Å². The zero-order valence-corrected chi connectivity index (χ0v) is 11.9.